The number of benzene rings is 3. The van der Waals surface area contributed by atoms with Crippen LogP contribution in [0, 0.1) is 11.6 Å². The van der Waals surface area contributed by atoms with Crippen molar-refractivity contribution >= 4 is 17.4 Å². The first-order chi connectivity index (χ1) is 14.0. The standard InChI is InChI=1S/C21H16F2N2O4/c22-14-7-15(23)9-17(8-14)25-21(26)24-16-3-1-2-13(6-16)11-27-18-4-5-19-20(10-18)29-12-28-19/h1-10H,11-12H2,(H2,24,25,26). The number of nitrogens with one attached hydrogen (secondary N) is 2. The van der Waals surface area contributed by atoms with Crippen molar-refractivity contribution in [2.75, 3.05) is 17.4 Å². The van der Waals surface area contributed by atoms with E-state index < -0.39 is 17.7 Å². The highest BCUT2D eigenvalue weighted by Crippen LogP contribution is 2.35. The zero-order valence-electron chi connectivity index (χ0n) is 15.1. The van der Waals surface area contributed by atoms with E-state index in [0.717, 1.165) is 23.8 Å². The molecule has 0 saturated carbocycles. The number of ether oxygens (including phenoxy) is 3. The fourth-order valence-electron chi connectivity index (χ4n) is 2.79. The first kappa shape index (κ1) is 18.5. The summed E-state index contributed by atoms with van der Waals surface area (Å²) < 4.78 is 42.8. The predicted octanol–water partition coefficient (Wildman–Crippen LogP) is 4.92. The van der Waals surface area contributed by atoms with Gasteiger partial charge >= 0.3 is 6.03 Å². The van der Waals surface area contributed by atoms with Gasteiger partial charge in [-0.05, 0) is 42.0 Å². The van der Waals surface area contributed by atoms with Crippen molar-refractivity contribution in [2.45, 2.75) is 6.61 Å². The maximum atomic E-state index is 13.2. The van der Waals surface area contributed by atoms with E-state index in [2.05, 4.69) is 10.6 Å². The van der Waals surface area contributed by atoms with Crippen LogP contribution in [0.2, 0.25) is 0 Å². The first-order valence-electron chi connectivity index (χ1n) is 8.71. The number of halogens is 2. The molecule has 2 N–H and O–H groups in total. The third kappa shape index (κ3) is 4.73. The summed E-state index contributed by atoms with van der Waals surface area (Å²) in [5, 5.41) is 5.00. The molecular formula is C21H16F2N2O4. The summed E-state index contributed by atoms with van der Waals surface area (Å²) in [5.41, 5.74) is 1.34. The van der Waals surface area contributed by atoms with Crippen LogP contribution in [0.1, 0.15) is 5.56 Å². The third-order valence-corrected chi connectivity index (χ3v) is 4.05. The smallest absolute Gasteiger partial charge is 0.323 e. The molecule has 0 fully saturated rings. The molecule has 0 aromatic heterocycles. The van der Waals surface area contributed by atoms with Crippen LogP contribution in [0.3, 0.4) is 0 Å². The van der Waals surface area contributed by atoms with Crippen molar-refractivity contribution in [1.82, 2.24) is 0 Å². The lowest BCUT2D eigenvalue weighted by Crippen LogP contribution is -2.19. The molecule has 6 nitrogen and oxygen atoms in total. The van der Waals surface area contributed by atoms with Gasteiger partial charge in [0.15, 0.2) is 11.5 Å². The monoisotopic (exact) mass is 398 g/mol. The zero-order valence-corrected chi connectivity index (χ0v) is 15.1. The molecule has 2 amide bonds. The Morgan fingerprint density at radius 1 is 0.897 bits per heavy atom. The fourth-order valence-corrected chi connectivity index (χ4v) is 2.79. The van der Waals surface area contributed by atoms with Crippen LogP contribution in [0.5, 0.6) is 17.2 Å². The number of hydrogen-bond acceptors (Lipinski definition) is 4. The molecule has 148 valence electrons. The van der Waals surface area contributed by atoms with E-state index >= 15 is 0 Å². The molecule has 0 saturated heterocycles. The van der Waals surface area contributed by atoms with Crippen molar-refractivity contribution in [3.63, 3.8) is 0 Å². The largest absolute Gasteiger partial charge is 0.489 e. The number of fused-ring (bicyclic) bond motifs is 1. The average molecular weight is 398 g/mol. The van der Waals surface area contributed by atoms with Crippen LogP contribution < -0.4 is 24.8 Å². The van der Waals surface area contributed by atoms with Gasteiger partial charge in [-0.15, -0.1) is 0 Å². The van der Waals surface area contributed by atoms with E-state index in [-0.39, 0.29) is 19.1 Å². The van der Waals surface area contributed by atoms with Gasteiger partial charge in [0.2, 0.25) is 6.79 Å². The second kappa shape index (κ2) is 8.05. The second-order valence-electron chi connectivity index (χ2n) is 6.24. The lowest BCUT2D eigenvalue weighted by molar-refractivity contribution is 0.173. The van der Waals surface area contributed by atoms with Crippen LogP contribution in [0.25, 0.3) is 0 Å². The van der Waals surface area contributed by atoms with Crippen LogP contribution in [-0.2, 0) is 6.61 Å². The summed E-state index contributed by atoms with van der Waals surface area (Å²) >= 11 is 0. The summed E-state index contributed by atoms with van der Waals surface area (Å²) in [6, 6.07) is 14.5. The van der Waals surface area contributed by atoms with Gasteiger partial charge in [-0.1, -0.05) is 12.1 Å². The quantitative estimate of drug-likeness (QED) is 0.640. The van der Waals surface area contributed by atoms with Crippen LogP contribution in [0.15, 0.2) is 60.7 Å². The number of carbonyl (C=O) groups excluding carboxylic acids is 1. The van der Waals surface area contributed by atoms with E-state index in [0.29, 0.717) is 22.9 Å². The molecule has 3 aromatic rings. The highest BCUT2D eigenvalue weighted by Gasteiger charge is 2.13. The molecule has 1 aliphatic heterocycles. The topological polar surface area (TPSA) is 68.8 Å². The summed E-state index contributed by atoms with van der Waals surface area (Å²) in [6.45, 7) is 0.461. The summed E-state index contributed by atoms with van der Waals surface area (Å²) in [4.78, 5) is 12.1. The third-order valence-electron chi connectivity index (χ3n) is 4.05. The molecule has 3 aromatic carbocycles. The Labute approximate surface area is 165 Å². The predicted molar refractivity (Wildman–Crippen MR) is 102 cm³/mol. The van der Waals surface area contributed by atoms with E-state index in [1.165, 1.54) is 0 Å². The van der Waals surface area contributed by atoms with Gasteiger partial charge in [0.1, 0.15) is 24.0 Å². The van der Waals surface area contributed by atoms with Gasteiger partial charge in [-0.2, -0.15) is 0 Å². The Hall–Kier alpha value is -3.81. The Balaban J connectivity index is 1.36. The van der Waals surface area contributed by atoms with Gasteiger partial charge in [-0.3, -0.25) is 0 Å². The minimum atomic E-state index is -0.775. The maximum absolute atomic E-state index is 13.2. The normalized spacial score (nSPS) is 11.8. The highest BCUT2D eigenvalue weighted by molar-refractivity contribution is 5.99. The fraction of sp³-hybridized carbons (Fsp3) is 0.0952. The number of urea groups is 1. The first-order valence-corrected chi connectivity index (χ1v) is 8.71. The van der Waals surface area contributed by atoms with Gasteiger partial charge in [0, 0.05) is 23.5 Å². The maximum Gasteiger partial charge on any atom is 0.323 e. The number of anilines is 2. The minimum Gasteiger partial charge on any atom is -0.489 e. The van der Waals surface area contributed by atoms with Crippen molar-refractivity contribution in [2.24, 2.45) is 0 Å². The van der Waals surface area contributed by atoms with Crippen molar-refractivity contribution < 1.29 is 27.8 Å². The molecule has 0 atom stereocenters. The Bertz CT molecular complexity index is 1040. The lowest BCUT2D eigenvalue weighted by Gasteiger charge is -2.10. The van der Waals surface area contributed by atoms with Crippen molar-refractivity contribution in [3.05, 3.63) is 77.9 Å². The zero-order chi connectivity index (χ0) is 20.2. The van der Waals surface area contributed by atoms with E-state index in [1.807, 2.05) is 6.07 Å². The Morgan fingerprint density at radius 2 is 1.66 bits per heavy atom. The SMILES string of the molecule is O=C(Nc1cc(F)cc(F)c1)Nc1cccc(COc2ccc3c(c2)OCO3)c1. The molecule has 0 spiro atoms. The van der Waals surface area contributed by atoms with E-state index in [9.17, 15) is 13.6 Å². The molecule has 0 radical (unpaired) electrons. The van der Waals surface area contributed by atoms with Gasteiger partial charge in [-0.25, -0.2) is 13.6 Å². The van der Waals surface area contributed by atoms with Gasteiger partial charge in [0.05, 0.1) is 0 Å². The molecule has 0 bridgehead atoms. The summed E-state index contributed by atoms with van der Waals surface area (Å²) in [5.74, 6) is 0.375. The number of hydrogen-bond donors (Lipinski definition) is 2. The van der Waals surface area contributed by atoms with Crippen molar-refractivity contribution in [3.8, 4) is 17.2 Å². The highest BCUT2D eigenvalue weighted by atomic mass is 19.1. The average Bonchev–Trinajstić information content (AvgIpc) is 3.13. The molecule has 8 heteroatoms. The Morgan fingerprint density at radius 3 is 2.48 bits per heavy atom. The van der Waals surface area contributed by atoms with Crippen LogP contribution in [0.4, 0.5) is 25.0 Å². The Kier molecular flexibility index (Phi) is 5.15. The van der Waals surface area contributed by atoms with Gasteiger partial charge in [0.25, 0.3) is 0 Å². The molecule has 1 heterocycles. The number of amides is 2. The second-order valence-corrected chi connectivity index (χ2v) is 6.24. The van der Waals surface area contributed by atoms with Crippen LogP contribution >= 0.6 is 0 Å². The molecule has 1 aliphatic rings. The minimum absolute atomic E-state index is 0.0160. The molecule has 4 rings (SSSR count). The number of rotatable bonds is 5. The van der Waals surface area contributed by atoms with Crippen molar-refractivity contribution in [1.29, 1.82) is 0 Å². The summed E-state index contributed by atoms with van der Waals surface area (Å²) in [7, 11) is 0. The number of carbonyl (C=O) groups is 1. The van der Waals surface area contributed by atoms with Crippen LogP contribution in [-0.4, -0.2) is 12.8 Å². The van der Waals surface area contributed by atoms with E-state index in [1.54, 1.807) is 36.4 Å². The molecule has 29 heavy (non-hydrogen) atoms. The van der Waals surface area contributed by atoms with Gasteiger partial charge < -0.3 is 24.8 Å². The summed E-state index contributed by atoms with van der Waals surface area (Å²) in [6.07, 6.45) is 0. The molecular weight excluding hydrogens is 382 g/mol. The lowest BCUT2D eigenvalue weighted by atomic mass is 10.2. The molecule has 0 unspecified atom stereocenters. The molecule has 0 aliphatic carbocycles. The van der Waals surface area contributed by atoms with E-state index in [4.69, 9.17) is 14.2 Å².